The van der Waals surface area contributed by atoms with Crippen LogP contribution in [0, 0.1) is 0 Å². The first-order valence-electron chi connectivity index (χ1n) is 7.39. The topological polar surface area (TPSA) is 62.7 Å². The number of aromatic carboxylic acids is 1. The molecule has 0 amide bonds. The lowest BCUT2D eigenvalue weighted by molar-refractivity contribution is 0.0690. The number of hydrogen-bond acceptors (Lipinski definition) is 4. The molecule has 0 unspecified atom stereocenters. The molecular formula is C17H18N2O3. The number of rotatable bonds is 4. The minimum absolute atomic E-state index is 0.0835. The summed E-state index contributed by atoms with van der Waals surface area (Å²) in [5.74, 6) is 0.620. The first-order chi connectivity index (χ1) is 10.7. The maximum Gasteiger partial charge on any atom is 0.354 e. The molecule has 1 N–H and O–H groups in total. The van der Waals surface area contributed by atoms with Crippen LogP contribution < -0.4 is 9.64 Å². The molecule has 0 atom stereocenters. The van der Waals surface area contributed by atoms with Gasteiger partial charge in [-0.3, -0.25) is 0 Å². The number of para-hydroxylation sites is 1. The van der Waals surface area contributed by atoms with Crippen LogP contribution in [0.1, 0.15) is 23.3 Å². The highest BCUT2D eigenvalue weighted by molar-refractivity contribution is 5.85. The Hall–Kier alpha value is -2.56. The molecular weight excluding hydrogens is 280 g/mol. The molecule has 3 rings (SSSR count). The van der Waals surface area contributed by atoms with E-state index in [0.717, 1.165) is 37.5 Å². The van der Waals surface area contributed by atoms with Gasteiger partial charge in [-0.05, 0) is 24.3 Å². The van der Waals surface area contributed by atoms with E-state index in [-0.39, 0.29) is 11.8 Å². The standard InChI is InChI=1S/C17H18N2O3/c20-17(21)15-7-4-8-16(18-15)19-11-9-14(10-12-19)22-13-5-2-1-3-6-13/h1-8,14H,9-12H2,(H,20,21). The van der Waals surface area contributed by atoms with Crippen LogP contribution in [0.2, 0.25) is 0 Å². The van der Waals surface area contributed by atoms with Crippen LogP contribution in [0.4, 0.5) is 5.82 Å². The second kappa shape index (κ2) is 6.47. The van der Waals surface area contributed by atoms with Gasteiger partial charge in [0, 0.05) is 25.9 Å². The van der Waals surface area contributed by atoms with Crippen LogP contribution in [0.15, 0.2) is 48.5 Å². The molecule has 2 heterocycles. The molecule has 5 nitrogen and oxygen atoms in total. The lowest BCUT2D eigenvalue weighted by atomic mass is 10.1. The Morgan fingerprint density at radius 2 is 1.82 bits per heavy atom. The number of carboxylic acids is 1. The summed E-state index contributed by atoms with van der Waals surface area (Å²) < 4.78 is 5.96. The Balaban J connectivity index is 1.60. The molecule has 5 heteroatoms. The van der Waals surface area contributed by atoms with Crippen molar-refractivity contribution < 1.29 is 14.6 Å². The fraction of sp³-hybridized carbons (Fsp3) is 0.294. The van der Waals surface area contributed by atoms with E-state index in [2.05, 4.69) is 9.88 Å². The van der Waals surface area contributed by atoms with Gasteiger partial charge in [-0.1, -0.05) is 24.3 Å². The molecule has 0 bridgehead atoms. The van der Waals surface area contributed by atoms with Gasteiger partial charge in [-0.15, -0.1) is 0 Å². The third-order valence-electron chi connectivity index (χ3n) is 3.77. The predicted molar refractivity (Wildman–Crippen MR) is 83.5 cm³/mol. The summed E-state index contributed by atoms with van der Waals surface area (Å²) in [5.41, 5.74) is 0.0835. The zero-order chi connectivity index (χ0) is 15.4. The second-order valence-corrected chi connectivity index (χ2v) is 5.30. The highest BCUT2D eigenvalue weighted by atomic mass is 16.5. The third kappa shape index (κ3) is 3.36. The monoisotopic (exact) mass is 298 g/mol. The van der Waals surface area contributed by atoms with Crippen molar-refractivity contribution in [2.45, 2.75) is 18.9 Å². The molecule has 0 aliphatic carbocycles. The Morgan fingerprint density at radius 3 is 2.50 bits per heavy atom. The molecule has 22 heavy (non-hydrogen) atoms. The number of aromatic nitrogens is 1. The molecule has 0 saturated carbocycles. The van der Waals surface area contributed by atoms with Gasteiger partial charge in [0.2, 0.25) is 0 Å². The Bertz CT molecular complexity index is 637. The number of hydrogen-bond donors (Lipinski definition) is 1. The molecule has 1 fully saturated rings. The van der Waals surface area contributed by atoms with Gasteiger partial charge < -0.3 is 14.7 Å². The van der Waals surface area contributed by atoms with Crippen molar-refractivity contribution in [2.75, 3.05) is 18.0 Å². The summed E-state index contributed by atoms with van der Waals surface area (Å²) in [4.78, 5) is 17.3. The summed E-state index contributed by atoms with van der Waals surface area (Å²) in [7, 11) is 0. The van der Waals surface area contributed by atoms with Gasteiger partial charge in [0.25, 0.3) is 0 Å². The minimum Gasteiger partial charge on any atom is -0.490 e. The van der Waals surface area contributed by atoms with Gasteiger partial charge in [-0.25, -0.2) is 9.78 Å². The second-order valence-electron chi connectivity index (χ2n) is 5.30. The van der Waals surface area contributed by atoms with Crippen molar-refractivity contribution in [1.82, 2.24) is 4.98 Å². The summed E-state index contributed by atoms with van der Waals surface area (Å²) >= 11 is 0. The third-order valence-corrected chi connectivity index (χ3v) is 3.77. The summed E-state index contributed by atoms with van der Waals surface area (Å²) in [5, 5.41) is 9.01. The van der Waals surface area contributed by atoms with Crippen molar-refractivity contribution in [3.05, 3.63) is 54.2 Å². The number of nitrogens with zero attached hydrogens (tertiary/aromatic N) is 2. The van der Waals surface area contributed by atoms with E-state index in [4.69, 9.17) is 9.84 Å². The molecule has 1 aromatic heterocycles. The number of pyridine rings is 1. The lowest BCUT2D eigenvalue weighted by Crippen LogP contribution is -2.38. The van der Waals surface area contributed by atoms with Gasteiger partial charge in [0.05, 0.1) is 0 Å². The van der Waals surface area contributed by atoms with E-state index in [0.29, 0.717) is 0 Å². The maximum atomic E-state index is 11.0. The van der Waals surface area contributed by atoms with E-state index in [1.165, 1.54) is 6.07 Å². The van der Waals surface area contributed by atoms with Crippen molar-refractivity contribution in [3.8, 4) is 5.75 Å². The van der Waals surface area contributed by atoms with Crippen molar-refractivity contribution in [3.63, 3.8) is 0 Å². The molecule has 1 aromatic carbocycles. The average Bonchev–Trinajstić information content (AvgIpc) is 2.56. The van der Waals surface area contributed by atoms with Crippen molar-refractivity contribution >= 4 is 11.8 Å². The number of benzene rings is 1. The highest BCUT2D eigenvalue weighted by Crippen LogP contribution is 2.22. The normalized spacial score (nSPS) is 15.5. The SMILES string of the molecule is O=C(O)c1cccc(N2CCC(Oc3ccccc3)CC2)n1. The molecule has 1 aliphatic rings. The van der Waals surface area contributed by atoms with E-state index in [1.807, 2.05) is 36.4 Å². The van der Waals surface area contributed by atoms with E-state index in [1.54, 1.807) is 6.07 Å². The summed E-state index contributed by atoms with van der Waals surface area (Å²) in [6, 6.07) is 14.9. The van der Waals surface area contributed by atoms with Gasteiger partial charge >= 0.3 is 5.97 Å². The zero-order valence-electron chi connectivity index (χ0n) is 12.2. The van der Waals surface area contributed by atoms with E-state index >= 15 is 0 Å². The van der Waals surface area contributed by atoms with Crippen molar-refractivity contribution in [1.29, 1.82) is 0 Å². The van der Waals surface area contributed by atoms with Crippen LogP contribution in [0.5, 0.6) is 5.75 Å². The fourth-order valence-corrected chi connectivity index (χ4v) is 2.61. The Kier molecular flexibility index (Phi) is 4.23. The largest absolute Gasteiger partial charge is 0.490 e. The van der Waals surface area contributed by atoms with Crippen LogP contribution in [-0.2, 0) is 0 Å². The van der Waals surface area contributed by atoms with E-state index in [9.17, 15) is 4.79 Å². The molecule has 0 radical (unpaired) electrons. The smallest absolute Gasteiger partial charge is 0.354 e. The maximum absolute atomic E-state index is 11.0. The van der Waals surface area contributed by atoms with Crippen LogP contribution in [0.25, 0.3) is 0 Å². The van der Waals surface area contributed by atoms with Crippen LogP contribution in [-0.4, -0.2) is 35.3 Å². The van der Waals surface area contributed by atoms with Gasteiger partial charge in [0.15, 0.2) is 5.69 Å². The van der Waals surface area contributed by atoms with Gasteiger partial charge in [-0.2, -0.15) is 0 Å². The first kappa shape index (κ1) is 14.4. The van der Waals surface area contributed by atoms with Gasteiger partial charge in [0.1, 0.15) is 17.7 Å². The first-order valence-corrected chi connectivity index (χ1v) is 7.39. The molecule has 1 saturated heterocycles. The number of anilines is 1. The van der Waals surface area contributed by atoms with Crippen molar-refractivity contribution in [2.24, 2.45) is 0 Å². The quantitative estimate of drug-likeness (QED) is 0.940. The lowest BCUT2D eigenvalue weighted by Gasteiger charge is -2.33. The number of ether oxygens (including phenoxy) is 1. The summed E-state index contributed by atoms with van der Waals surface area (Å²) in [6.07, 6.45) is 1.99. The highest BCUT2D eigenvalue weighted by Gasteiger charge is 2.22. The Morgan fingerprint density at radius 1 is 1.09 bits per heavy atom. The average molecular weight is 298 g/mol. The van der Waals surface area contributed by atoms with Crippen LogP contribution in [0.3, 0.4) is 0 Å². The number of piperidine rings is 1. The van der Waals surface area contributed by atoms with E-state index < -0.39 is 5.97 Å². The summed E-state index contributed by atoms with van der Waals surface area (Å²) in [6.45, 7) is 1.63. The number of carbonyl (C=O) groups is 1. The fourth-order valence-electron chi connectivity index (χ4n) is 2.61. The number of carboxylic acid groups (broad SMARTS) is 1. The molecule has 114 valence electrons. The van der Waals surface area contributed by atoms with Crippen LogP contribution >= 0.6 is 0 Å². The predicted octanol–water partition coefficient (Wildman–Crippen LogP) is 2.83. The molecule has 0 spiro atoms. The zero-order valence-corrected chi connectivity index (χ0v) is 12.2. The minimum atomic E-state index is -0.996. The Labute approximate surface area is 129 Å². The molecule has 1 aliphatic heterocycles. The molecule has 2 aromatic rings.